The predicted octanol–water partition coefficient (Wildman–Crippen LogP) is 3.50. The fourth-order valence-electron chi connectivity index (χ4n) is 1.42. The van der Waals surface area contributed by atoms with Crippen LogP contribution >= 0.6 is 11.6 Å². The fourth-order valence-corrected chi connectivity index (χ4v) is 1.54. The fraction of sp³-hybridized carbons (Fsp3) is 0.455. The number of hydrogen-bond donors (Lipinski definition) is 0. The highest BCUT2D eigenvalue weighted by molar-refractivity contribution is 6.30. The molecule has 0 bridgehead atoms. The lowest BCUT2D eigenvalue weighted by Crippen LogP contribution is -2.25. The Morgan fingerprint density at radius 1 is 1.44 bits per heavy atom. The minimum Gasteiger partial charge on any atom is -0.371 e. The summed E-state index contributed by atoms with van der Waals surface area (Å²) in [5, 5.41) is -0.231. The molecule has 7 heteroatoms. The molecule has 1 aromatic carbocycles. The topological polar surface area (TPSA) is 21.8 Å². The van der Waals surface area contributed by atoms with Gasteiger partial charge in [0.2, 0.25) is 0 Å². The second-order valence-corrected chi connectivity index (χ2v) is 4.29. The van der Waals surface area contributed by atoms with Crippen molar-refractivity contribution in [2.24, 2.45) is 0 Å². The number of rotatable bonds is 4. The summed E-state index contributed by atoms with van der Waals surface area (Å²) in [5.74, 6) is -0.908. The molecule has 0 spiro atoms. The first kappa shape index (κ1) is 13.6. The van der Waals surface area contributed by atoms with Crippen molar-refractivity contribution in [2.75, 3.05) is 13.2 Å². The van der Waals surface area contributed by atoms with Crippen molar-refractivity contribution >= 4 is 11.6 Å². The summed E-state index contributed by atoms with van der Waals surface area (Å²) in [6.45, 7) is 0.216. The van der Waals surface area contributed by atoms with Gasteiger partial charge in [0.25, 0.3) is 0 Å². The van der Waals surface area contributed by atoms with Gasteiger partial charge >= 0.3 is 6.18 Å². The van der Waals surface area contributed by atoms with Gasteiger partial charge < -0.3 is 9.47 Å². The van der Waals surface area contributed by atoms with Crippen LogP contribution in [0.3, 0.4) is 0 Å². The number of epoxide rings is 1. The van der Waals surface area contributed by atoms with E-state index < -0.39 is 18.1 Å². The molecule has 1 aliphatic rings. The van der Waals surface area contributed by atoms with Crippen molar-refractivity contribution < 1.29 is 27.0 Å². The Labute approximate surface area is 105 Å². The van der Waals surface area contributed by atoms with E-state index in [2.05, 4.69) is 0 Å². The molecule has 1 saturated heterocycles. The third-order valence-corrected chi connectivity index (χ3v) is 2.70. The number of benzene rings is 1. The second kappa shape index (κ2) is 5.03. The molecule has 2 atom stereocenters. The lowest BCUT2D eigenvalue weighted by atomic mass is 10.1. The van der Waals surface area contributed by atoms with Crippen molar-refractivity contribution in [2.45, 2.75) is 18.4 Å². The minimum atomic E-state index is -4.62. The summed E-state index contributed by atoms with van der Waals surface area (Å²) in [4.78, 5) is 0. The van der Waals surface area contributed by atoms with E-state index in [9.17, 15) is 17.6 Å². The Morgan fingerprint density at radius 2 is 2.11 bits per heavy atom. The SMILES string of the molecule is Fc1cc([C@@H](OC[C@@H]2CO2)C(F)(F)F)ccc1Cl. The van der Waals surface area contributed by atoms with E-state index in [0.29, 0.717) is 6.61 Å². The van der Waals surface area contributed by atoms with E-state index in [0.717, 1.165) is 18.2 Å². The Morgan fingerprint density at radius 3 is 2.61 bits per heavy atom. The van der Waals surface area contributed by atoms with E-state index >= 15 is 0 Å². The quantitative estimate of drug-likeness (QED) is 0.623. The maximum atomic E-state index is 13.2. The van der Waals surface area contributed by atoms with E-state index in [1.807, 2.05) is 0 Å². The van der Waals surface area contributed by atoms with Crippen molar-refractivity contribution in [3.63, 3.8) is 0 Å². The maximum absolute atomic E-state index is 13.2. The number of halogens is 5. The molecule has 0 saturated carbocycles. The van der Waals surface area contributed by atoms with Crippen LogP contribution in [-0.4, -0.2) is 25.5 Å². The molecule has 1 heterocycles. The van der Waals surface area contributed by atoms with Gasteiger partial charge in [-0.3, -0.25) is 0 Å². The first-order chi connectivity index (χ1) is 8.38. The molecule has 0 aromatic heterocycles. The molecule has 1 aromatic rings. The maximum Gasteiger partial charge on any atom is 0.418 e. The van der Waals surface area contributed by atoms with Gasteiger partial charge in [-0.05, 0) is 17.7 Å². The minimum absolute atomic E-state index is 0.172. The van der Waals surface area contributed by atoms with Crippen LogP contribution in [0, 0.1) is 5.82 Å². The third kappa shape index (κ3) is 3.34. The van der Waals surface area contributed by atoms with Gasteiger partial charge in [0.15, 0.2) is 6.10 Å². The first-order valence-electron chi connectivity index (χ1n) is 5.13. The summed E-state index contributed by atoms with van der Waals surface area (Å²) in [5.41, 5.74) is -0.315. The molecular weight excluding hydrogens is 276 g/mol. The Balaban J connectivity index is 2.17. The highest BCUT2D eigenvalue weighted by Crippen LogP contribution is 2.37. The average Bonchev–Trinajstić information content (AvgIpc) is 3.05. The summed E-state index contributed by atoms with van der Waals surface area (Å²) >= 11 is 5.42. The van der Waals surface area contributed by atoms with Crippen LogP contribution in [0.5, 0.6) is 0 Å². The third-order valence-electron chi connectivity index (χ3n) is 2.39. The summed E-state index contributed by atoms with van der Waals surface area (Å²) in [7, 11) is 0. The number of hydrogen-bond acceptors (Lipinski definition) is 2. The number of ether oxygens (including phenoxy) is 2. The van der Waals surface area contributed by atoms with E-state index in [-0.39, 0.29) is 23.3 Å². The van der Waals surface area contributed by atoms with Crippen LogP contribution in [-0.2, 0) is 9.47 Å². The van der Waals surface area contributed by atoms with Crippen molar-refractivity contribution in [3.05, 3.63) is 34.6 Å². The molecule has 0 N–H and O–H groups in total. The molecular formula is C11H9ClF4O2. The summed E-state index contributed by atoms with van der Waals surface area (Å²) in [6, 6.07) is 2.90. The van der Waals surface area contributed by atoms with Crippen LogP contribution in [0.25, 0.3) is 0 Å². The predicted molar refractivity (Wildman–Crippen MR) is 55.9 cm³/mol. The van der Waals surface area contributed by atoms with Crippen LogP contribution in [0.2, 0.25) is 5.02 Å². The Kier molecular flexibility index (Phi) is 3.79. The molecule has 18 heavy (non-hydrogen) atoms. The first-order valence-corrected chi connectivity index (χ1v) is 5.50. The molecule has 100 valence electrons. The normalized spacial score (nSPS) is 20.8. The molecule has 0 aliphatic carbocycles. The zero-order valence-corrected chi connectivity index (χ0v) is 9.76. The molecule has 0 radical (unpaired) electrons. The van der Waals surface area contributed by atoms with Crippen LogP contribution in [0.15, 0.2) is 18.2 Å². The zero-order chi connectivity index (χ0) is 13.3. The summed E-state index contributed by atoms with van der Waals surface area (Å²) < 4.78 is 61.0. The Bertz CT molecular complexity index is 432. The van der Waals surface area contributed by atoms with Gasteiger partial charge in [0, 0.05) is 0 Å². The van der Waals surface area contributed by atoms with Crippen LogP contribution in [0.4, 0.5) is 17.6 Å². The van der Waals surface area contributed by atoms with Crippen molar-refractivity contribution in [1.82, 2.24) is 0 Å². The van der Waals surface area contributed by atoms with E-state index in [4.69, 9.17) is 21.1 Å². The Hall–Kier alpha value is -0.850. The standard InChI is InChI=1S/C11H9ClF4O2/c12-8-2-1-6(3-9(8)13)10(11(14,15)16)18-5-7-4-17-7/h1-3,7,10H,4-5H2/t7-,10+/m0/s1. The van der Waals surface area contributed by atoms with E-state index in [1.54, 1.807) is 0 Å². The molecule has 1 aliphatic heterocycles. The highest BCUT2D eigenvalue weighted by atomic mass is 35.5. The summed E-state index contributed by atoms with van der Waals surface area (Å²) in [6.07, 6.45) is -7.09. The van der Waals surface area contributed by atoms with Gasteiger partial charge in [-0.15, -0.1) is 0 Å². The lowest BCUT2D eigenvalue weighted by Gasteiger charge is -2.21. The average molecular weight is 285 g/mol. The molecule has 0 amide bonds. The van der Waals surface area contributed by atoms with Gasteiger partial charge in [0.1, 0.15) is 11.9 Å². The monoisotopic (exact) mass is 284 g/mol. The number of alkyl halides is 3. The van der Waals surface area contributed by atoms with Crippen LogP contribution < -0.4 is 0 Å². The zero-order valence-electron chi connectivity index (χ0n) is 9.01. The molecule has 2 rings (SSSR count). The van der Waals surface area contributed by atoms with Crippen LogP contribution in [0.1, 0.15) is 11.7 Å². The smallest absolute Gasteiger partial charge is 0.371 e. The molecule has 2 nitrogen and oxygen atoms in total. The largest absolute Gasteiger partial charge is 0.418 e. The highest BCUT2D eigenvalue weighted by Gasteiger charge is 2.43. The van der Waals surface area contributed by atoms with Gasteiger partial charge in [-0.2, -0.15) is 13.2 Å². The molecule has 0 unspecified atom stereocenters. The van der Waals surface area contributed by atoms with E-state index in [1.165, 1.54) is 0 Å². The van der Waals surface area contributed by atoms with Gasteiger partial charge in [0.05, 0.1) is 18.2 Å². The lowest BCUT2D eigenvalue weighted by molar-refractivity contribution is -0.224. The second-order valence-electron chi connectivity index (χ2n) is 3.88. The van der Waals surface area contributed by atoms with Crippen molar-refractivity contribution in [1.29, 1.82) is 0 Å². The van der Waals surface area contributed by atoms with Gasteiger partial charge in [-0.25, -0.2) is 4.39 Å². The van der Waals surface area contributed by atoms with Crippen molar-refractivity contribution in [3.8, 4) is 0 Å². The van der Waals surface area contributed by atoms with Gasteiger partial charge in [-0.1, -0.05) is 17.7 Å². The molecule has 1 fully saturated rings.